The van der Waals surface area contributed by atoms with Crippen molar-refractivity contribution in [1.29, 1.82) is 0 Å². The van der Waals surface area contributed by atoms with Gasteiger partial charge in [-0.3, -0.25) is 0 Å². The lowest BCUT2D eigenvalue weighted by Gasteiger charge is -2.25. The maximum Gasteiger partial charge on any atom is 0.137 e. The second kappa shape index (κ2) is 5.49. The van der Waals surface area contributed by atoms with Crippen LogP contribution in [0, 0.1) is 0 Å². The molecule has 0 aliphatic heterocycles. The Morgan fingerprint density at radius 2 is 1.67 bits per heavy atom. The lowest BCUT2D eigenvalue weighted by Crippen LogP contribution is -2.16. The Morgan fingerprint density at radius 3 is 2.19 bits per heavy atom. The molecule has 0 fully saturated rings. The fraction of sp³-hybridized carbons (Fsp3) is 0.579. The van der Waals surface area contributed by atoms with Gasteiger partial charge in [0.25, 0.3) is 0 Å². The summed E-state index contributed by atoms with van der Waals surface area (Å²) in [5.74, 6) is 0. The van der Waals surface area contributed by atoms with Crippen LogP contribution in [0.15, 0.2) is 22.8 Å². The van der Waals surface area contributed by atoms with E-state index in [-0.39, 0.29) is 10.8 Å². The Morgan fingerprint density at radius 1 is 1.00 bits per heavy atom. The molecule has 2 aromatic rings. The molecule has 0 saturated heterocycles. The summed E-state index contributed by atoms with van der Waals surface area (Å²) in [5, 5.41) is 4.50. The monoisotopic (exact) mass is 287 g/mol. The van der Waals surface area contributed by atoms with Crippen LogP contribution in [0.3, 0.4) is 0 Å². The lowest BCUT2D eigenvalue weighted by atomic mass is 9.79. The molecule has 1 N–H and O–H groups in total. The van der Waals surface area contributed by atoms with Gasteiger partial charge in [-0.15, -0.1) is 0 Å². The largest absolute Gasteiger partial charge is 0.464 e. The van der Waals surface area contributed by atoms with Gasteiger partial charge in [0.15, 0.2) is 0 Å². The molecule has 21 heavy (non-hydrogen) atoms. The molecule has 0 bridgehead atoms. The third-order valence-corrected chi connectivity index (χ3v) is 4.07. The summed E-state index contributed by atoms with van der Waals surface area (Å²) >= 11 is 0. The Balaban J connectivity index is 2.69. The first kappa shape index (κ1) is 16.1. The first-order valence-corrected chi connectivity index (χ1v) is 7.84. The minimum Gasteiger partial charge on any atom is -0.464 e. The molecule has 0 unspecified atom stereocenters. The maximum atomic E-state index is 5.94. The number of nitrogens with one attached hydrogen (secondary N) is 1. The van der Waals surface area contributed by atoms with Gasteiger partial charge >= 0.3 is 0 Å². The maximum absolute atomic E-state index is 5.94. The zero-order valence-electron chi connectivity index (χ0n) is 14.6. The van der Waals surface area contributed by atoms with Crippen LogP contribution in [0.1, 0.15) is 58.2 Å². The number of fused-ring (bicyclic) bond motifs is 1. The standard InChI is InChI=1S/C19H29NO/c1-18(2,3)14-10-15-13(8-9-20-7)12-21-17(15)16(11-14)19(4,5)6/h10-12,20H,8-9H2,1-7H3. The van der Waals surface area contributed by atoms with Crippen molar-refractivity contribution in [3.8, 4) is 0 Å². The average Bonchev–Trinajstić information content (AvgIpc) is 2.75. The topological polar surface area (TPSA) is 25.2 Å². The molecule has 0 spiro atoms. The highest BCUT2D eigenvalue weighted by atomic mass is 16.3. The fourth-order valence-electron chi connectivity index (χ4n) is 2.63. The van der Waals surface area contributed by atoms with Gasteiger partial charge in [0, 0.05) is 10.9 Å². The zero-order valence-corrected chi connectivity index (χ0v) is 14.6. The lowest BCUT2D eigenvalue weighted by molar-refractivity contribution is 0.549. The Bertz CT molecular complexity index is 623. The first-order valence-electron chi connectivity index (χ1n) is 7.84. The fourth-order valence-corrected chi connectivity index (χ4v) is 2.63. The van der Waals surface area contributed by atoms with Crippen LogP contribution >= 0.6 is 0 Å². The van der Waals surface area contributed by atoms with Gasteiger partial charge in [-0.1, -0.05) is 47.6 Å². The third kappa shape index (κ3) is 3.32. The molecule has 1 aromatic carbocycles. The number of hydrogen-bond acceptors (Lipinski definition) is 2. The molecule has 2 nitrogen and oxygen atoms in total. The summed E-state index contributed by atoms with van der Waals surface area (Å²) in [5.41, 5.74) is 5.27. The van der Waals surface area contributed by atoms with Gasteiger partial charge in [-0.25, -0.2) is 0 Å². The molecule has 0 aliphatic rings. The van der Waals surface area contributed by atoms with Gasteiger partial charge in [0.05, 0.1) is 6.26 Å². The Kier molecular flexibility index (Phi) is 4.21. The summed E-state index contributed by atoms with van der Waals surface area (Å²) in [6.45, 7) is 14.5. The van der Waals surface area contributed by atoms with E-state index in [0.29, 0.717) is 0 Å². The SMILES string of the molecule is CNCCc1coc2c(C(C)(C)C)cc(C(C)(C)C)cc12. The molecule has 2 heteroatoms. The minimum absolute atomic E-state index is 0.0810. The predicted octanol–water partition coefficient (Wildman–Crippen LogP) is 4.79. The van der Waals surface area contributed by atoms with Crippen molar-refractivity contribution in [3.05, 3.63) is 35.1 Å². The number of likely N-dealkylation sites (N-methyl/N-ethyl adjacent to an activating group) is 1. The summed E-state index contributed by atoms with van der Waals surface area (Å²) in [6, 6.07) is 4.65. The van der Waals surface area contributed by atoms with Crippen LogP contribution in [0.4, 0.5) is 0 Å². The van der Waals surface area contributed by atoms with Crippen LogP contribution in [0.5, 0.6) is 0 Å². The molecule has 0 atom stereocenters. The van der Waals surface area contributed by atoms with E-state index in [4.69, 9.17) is 4.42 Å². The third-order valence-electron chi connectivity index (χ3n) is 4.07. The van der Waals surface area contributed by atoms with E-state index >= 15 is 0 Å². The van der Waals surface area contributed by atoms with Crippen LogP contribution in [0.25, 0.3) is 11.0 Å². The number of benzene rings is 1. The summed E-state index contributed by atoms with van der Waals surface area (Å²) in [6.07, 6.45) is 2.93. The predicted molar refractivity (Wildman–Crippen MR) is 91.2 cm³/mol. The highest BCUT2D eigenvalue weighted by molar-refractivity contribution is 5.86. The first-order chi connectivity index (χ1) is 9.64. The van der Waals surface area contributed by atoms with E-state index in [1.54, 1.807) is 0 Å². The van der Waals surface area contributed by atoms with Gasteiger partial charge in [-0.05, 0) is 48.0 Å². The van der Waals surface area contributed by atoms with Gasteiger partial charge in [0.1, 0.15) is 5.58 Å². The summed E-state index contributed by atoms with van der Waals surface area (Å²) < 4.78 is 5.94. The van der Waals surface area contributed by atoms with E-state index in [2.05, 4.69) is 59.0 Å². The molecule has 0 amide bonds. The smallest absolute Gasteiger partial charge is 0.137 e. The van der Waals surface area contributed by atoms with Crippen molar-refractivity contribution in [2.75, 3.05) is 13.6 Å². The number of rotatable bonds is 3. The normalized spacial score (nSPS) is 13.1. The van der Waals surface area contributed by atoms with Crippen molar-refractivity contribution >= 4 is 11.0 Å². The Labute approximate surface area is 128 Å². The second-order valence-electron chi connectivity index (χ2n) is 8.01. The van der Waals surface area contributed by atoms with Crippen molar-refractivity contribution in [1.82, 2.24) is 5.32 Å². The molecule has 1 heterocycles. The van der Waals surface area contributed by atoms with E-state index in [9.17, 15) is 0 Å². The van der Waals surface area contributed by atoms with E-state index in [1.807, 2.05) is 13.3 Å². The van der Waals surface area contributed by atoms with E-state index in [0.717, 1.165) is 18.5 Å². The van der Waals surface area contributed by atoms with E-state index < -0.39 is 0 Å². The molecular weight excluding hydrogens is 258 g/mol. The molecule has 2 rings (SSSR count). The highest BCUT2D eigenvalue weighted by Crippen LogP contribution is 2.37. The average molecular weight is 287 g/mol. The van der Waals surface area contributed by atoms with Crippen LogP contribution in [0.2, 0.25) is 0 Å². The van der Waals surface area contributed by atoms with Crippen molar-refractivity contribution in [2.45, 2.75) is 58.8 Å². The molecule has 0 radical (unpaired) electrons. The highest BCUT2D eigenvalue weighted by Gasteiger charge is 2.24. The van der Waals surface area contributed by atoms with Crippen molar-refractivity contribution in [3.63, 3.8) is 0 Å². The van der Waals surface area contributed by atoms with Gasteiger partial charge < -0.3 is 9.73 Å². The molecular formula is C19H29NO. The molecule has 116 valence electrons. The number of furan rings is 1. The van der Waals surface area contributed by atoms with Crippen LogP contribution < -0.4 is 5.32 Å². The minimum atomic E-state index is 0.0810. The second-order valence-corrected chi connectivity index (χ2v) is 8.01. The van der Waals surface area contributed by atoms with Gasteiger partial charge in [-0.2, -0.15) is 0 Å². The zero-order chi connectivity index (χ0) is 15.8. The molecule has 0 saturated carbocycles. The summed E-state index contributed by atoms with van der Waals surface area (Å²) in [4.78, 5) is 0. The van der Waals surface area contributed by atoms with Crippen LogP contribution in [-0.4, -0.2) is 13.6 Å². The van der Waals surface area contributed by atoms with Crippen molar-refractivity contribution in [2.24, 2.45) is 0 Å². The van der Waals surface area contributed by atoms with Crippen LogP contribution in [-0.2, 0) is 17.3 Å². The molecule has 1 aromatic heterocycles. The quantitative estimate of drug-likeness (QED) is 0.878. The molecule has 0 aliphatic carbocycles. The Hall–Kier alpha value is -1.28. The van der Waals surface area contributed by atoms with Gasteiger partial charge in [0.2, 0.25) is 0 Å². The summed E-state index contributed by atoms with van der Waals surface area (Å²) in [7, 11) is 1.99. The van der Waals surface area contributed by atoms with Crippen molar-refractivity contribution < 1.29 is 4.42 Å². The van der Waals surface area contributed by atoms with E-state index in [1.165, 1.54) is 22.1 Å². The number of hydrogen-bond donors (Lipinski definition) is 1.